The van der Waals surface area contributed by atoms with Crippen LogP contribution in [0.2, 0.25) is 0 Å². The van der Waals surface area contributed by atoms with Crippen LogP contribution in [0.15, 0.2) is 47.6 Å². The van der Waals surface area contributed by atoms with E-state index in [1.807, 2.05) is 24.3 Å². The second-order valence-electron chi connectivity index (χ2n) is 8.28. The SMILES string of the molecule is CCC1CN(C(=O)c2cc3cc(OC)c(OC)c(OC)c3[nH]2)c2cc(N=O)c3ccccc3c21. The lowest BCUT2D eigenvalue weighted by Crippen LogP contribution is -2.30. The Hall–Kier alpha value is -4.07. The summed E-state index contributed by atoms with van der Waals surface area (Å²) in [7, 11) is 4.63. The highest BCUT2D eigenvalue weighted by atomic mass is 16.5. The number of nitrogens with one attached hydrogen (secondary N) is 1. The molecule has 3 aromatic carbocycles. The van der Waals surface area contributed by atoms with E-state index in [4.69, 9.17) is 14.2 Å². The Balaban J connectivity index is 1.66. The highest BCUT2D eigenvalue weighted by molar-refractivity contribution is 6.12. The Labute approximate surface area is 196 Å². The van der Waals surface area contributed by atoms with Crippen molar-refractivity contribution >= 4 is 39.0 Å². The normalized spacial score (nSPS) is 14.9. The third-order valence-electron chi connectivity index (χ3n) is 6.63. The van der Waals surface area contributed by atoms with Gasteiger partial charge in [-0.1, -0.05) is 31.2 Å². The van der Waals surface area contributed by atoms with Gasteiger partial charge in [-0.2, -0.15) is 0 Å². The molecular formula is C26H25N3O5. The number of hydrogen-bond donors (Lipinski definition) is 1. The van der Waals surface area contributed by atoms with Crippen molar-refractivity contribution in [3.8, 4) is 17.2 Å². The van der Waals surface area contributed by atoms with E-state index >= 15 is 0 Å². The van der Waals surface area contributed by atoms with Crippen LogP contribution in [0.1, 0.15) is 35.3 Å². The summed E-state index contributed by atoms with van der Waals surface area (Å²) in [6.45, 7) is 2.63. The highest BCUT2D eigenvalue weighted by Gasteiger charge is 2.35. The van der Waals surface area contributed by atoms with E-state index in [0.29, 0.717) is 40.7 Å². The molecule has 8 nitrogen and oxygen atoms in total. The maximum absolute atomic E-state index is 13.8. The van der Waals surface area contributed by atoms with Crippen LogP contribution in [0.3, 0.4) is 0 Å². The third kappa shape index (κ3) is 3.09. The summed E-state index contributed by atoms with van der Waals surface area (Å²) < 4.78 is 16.5. The monoisotopic (exact) mass is 459 g/mol. The van der Waals surface area contributed by atoms with Gasteiger partial charge >= 0.3 is 0 Å². The number of fused-ring (bicyclic) bond motifs is 4. The number of aromatic nitrogens is 1. The number of ether oxygens (including phenoxy) is 3. The summed E-state index contributed by atoms with van der Waals surface area (Å²) in [4.78, 5) is 30.3. The van der Waals surface area contributed by atoms with Gasteiger partial charge < -0.3 is 24.1 Å². The molecule has 0 saturated carbocycles. The van der Waals surface area contributed by atoms with Gasteiger partial charge in [-0.3, -0.25) is 4.79 Å². The van der Waals surface area contributed by atoms with Crippen LogP contribution < -0.4 is 19.1 Å². The van der Waals surface area contributed by atoms with Crippen molar-refractivity contribution in [1.82, 2.24) is 4.98 Å². The largest absolute Gasteiger partial charge is 0.493 e. The number of anilines is 1. The van der Waals surface area contributed by atoms with E-state index in [-0.39, 0.29) is 11.8 Å². The summed E-state index contributed by atoms with van der Waals surface area (Å²) in [6.07, 6.45) is 0.865. The van der Waals surface area contributed by atoms with Crippen LogP contribution in [0.4, 0.5) is 11.4 Å². The quantitative estimate of drug-likeness (QED) is 0.363. The smallest absolute Gasteiger partial charge is 0.274 e. The maximum atomic E-state index is 13.8. The number of H-pyrrole nitrogens is 1. The summed E-state index contributed by atoms with van der Waals surface area (Å²) >= 11 is 0. The van der Waals surface area contributed by atoms with Crippen molar-refractivity contribution in [2.24, 2.45) is 5.18 Å². The molecule has 2 heterocycles. The van der Waals surface area contributed by atoms with Gasteiger partial charge in [-0.15, -0.1) is 4.91 Å². The van der Waals surface area contributed by atoms with E-state index in [0.717, 1.165) is 33.8 Å². The van der Waals surface area contributed by atoms with Gasteiger partial charge in [0.2, 0.25) is 5.75 Å². The number of carbonyl (C=O) groups is 1. The molecule has 0 spiro atoms. The fourth-order valence-electron chi connectivity index (χ4n) is 5.03. The Morgan fingerprint density at radius 1 is 1.06 bits per heavy atom. The van der Waals surface area contributed by atoms with Gasteiger partial charge in [0.15, 0.2) is 11.5 Å². The summed E-state index contributed by atoms with van der Waals surface area (Å²) in [6, 6.07) is 13.0. The Kier molecular flexibility index (Phi) is 5.36. The van der Waals surface area contributed by atoms with Crippen molar-refractivity contribution in [1.29, 1.82) is 0 Å². The molecule has 34 heavy (non-hydrogen) atoms. The second kappa shape index (κ2) is 8.37. The molecule has 0 bridgehead atoms. The average Bonchev–Trinajstić information content (AvgIpc) is 3.47. The second-order valence-corrected chi connectivity index (χ2v) is 8.28. The number of benzene rings is 3. The molecule has 8 heteroatoms. The van der Waals surface area contributed by atoms with Gasteiger partial charge in [-0.05, 0) is 40.7 Å². The zero-order valence-electron chi connectivity index (χ0n) is 19.5. The molecule has 1 aliphatic rings. The number of methoxy groups -OCH3 is 3. The van der Waals surface area contributed by atoms with E-state index in [1.165, 1.54) is 7.11 Å². The lowest BCUT2D eigenvalue weighted by molar-refractivity contribution is 0.0984. The van der Waals surface area contributed by atoms with Gasteiger partial charge in [0, 0.05) is 23.2 Å². The number of aromatic amines is 1. The van der Waals surface area contributed by atoms with Crippen LogP contribution in [-0.2, 0) is 0 Å². The summed E-state index contributed by atoms with van der Waals surface area (Å²) in [5.41, 5.74) is 3.18. The van der Waals surface area contributed by atoms with Gasteiger partial charge in [0.05, 0.1) is 32.5 Å². The van der Waals surface area contributed by atoms with E-state index in [2.05, 4.69) is 17.1 Å². The number of nitroso groups, excluding NO2 is 1. The molecule has 0 radical (unpaired) electrons. The number of amides is 1. The van der Waals surface area contributed by atoms with Gasteiger partial charge in [0.1, 0.15) is 11.4 Å². The number of nitrogens with zero attached hydrogens (tertiary/aromatic N) is 2. The molecule has 1 amide bonds. The molecule has 1 N–H and O–H groups in total. The molecule has 174 valence electrons. The number of rotatable bonds is 6. The topological polar surface area (TPSA) is 93.2 Å². The molecule has 1 unspecified atom stereocenters. The summed E-state index contributed by atoms with van der Waals surface area (Å²) in [5, 5.41) is 5.78. The minimum absolute atomic E-state index is 0.156. The van der Waals surface area contributed by atoms with Crippen molar-refractivity contribution in [2.45, 2.75) is 19.3 Å². The minimum atomic E-state index is -0.194. The molecule has 0 aliphatic carbocycles. The zero-order chi connectivity index (χ0) is 24.0. The fraction of sp³-hybridized carbons (Fsp3) is 0.269. The van der Waals surface area contributed by atoms with Crippen LogP contribution in [0.5, 0.6) is 17.2 Å². The van der Waals surface area contributed by atoms with Crippen molar-refractivity contribution in [2.75, 3.05) is 32.8 Å². The highest BCUT2D eigenvalue weighted by Crippen LogP contribution is 2.47. The first-order valence-electron chi connectivity index (χ1n) is 11.1. The maximum Gasteiger partial charge on any atom is 0.274 e. The molecular weight excluding hydrogens is 434 g/mol. The average molecular weight is 460 g/mol. The van der Waals surface area contributed by atoms with Crippen LogP contribution in [0, 0.1) is 4.91 Å². The lowest BCUT2D eigenvalue weighted by Gasteiger charge is -2.17. The van der Waals surface area contributed by atoms with Crippen molar-refractivity contribution in [3.63, 3.8) is 0 Å². The molecule has 0 fully saturated rings. The molecule has 1 aliphatic heterocycles. The first-order chi connectivity index (χ1) is 16.6. The zero-order valence-corrected chi connectivity index (χ0v) is 19.5. The van der Waals surface area contributed by atoms with Crippen molar-refractivity contribution in [3.05, 3.63) is 58.6 Å². The molecule has 1 aromatic heterocycles. The standard InChI is InChI=1S/C26H25N3O5/c1-5-14-13-29(20-12-18(28-31)16-8-6-7-9-17(16)22(14)20)26(30)19-10-15-11-21(32-2)24(33-3)25(34-4)23(15)27-19/h6-12,14,27H,5,13H2,1-4H3. The predicted octanol–water partition coefficient (Wildman–Crippen LogP) is 5.90. The van der Waals surface area contributed by atoms with E-state index < -0.39 is 0 Å². The van der Waals surface area contributed by atoms with E-state index in [9.17, 15) is 9.70 Å². The molecule has 0 saturated heterocycles. The summed E-state index contributed by atoms with van der Waals surface area (Å²) in [5.74, 6) is 1.38. The molecule has 5 rings (SSSR count). The molecule has 1 atom stereocenters. The Bertz CT molecular complexity index is 1440. The third-order valence-corrected chi connectivity index (χ3v) is 6.63. The Morgan fingerprint density at radius 3 is 2.44 bits per heavy atom. The van der Waals surface area contributed by atoms with Gasteiger partial charge in [-0.25, -0.2) is 0 Å². The number of hydrogen-bond acceptors (Lipinski definition) is 6. The lowest BCUT2D eigenvalue weighted by atomic mass is 9.92. The predicted molar refractivity (Wildman–Crippen MR) is 132 cm³/mol. The number of carbonyl (C=O) groups excluding carboxylic acids is 1. The van der Waals surface area contributed by atoms with Crippen LogP contribution >= 0.6 is 0 Å². The first kappa shape index (κ1) is 21.8. The molecule has 4 aromatic rings. The Morgan fingerprint density at radius 2 is 1.79 bits per heavy atom. The van der Waals surface area contributed by atoms with E-state index in [1.54, 1.807) is 37.3 Å². The van der Waals surface area contributed by atoms with Gasteiger partial charge in [0.25, 0.3) is 5.91 Å². The van der Waals surface area contributed by atoms with Crippen LogP contribution in [0.25, 0.3) is 21.7 Å². The fourth-order valence-corrected chi connectivity index (χ4v) is 5.03. The first-order valence-corrected chi connectivity index (χ1v) is 11.1. The van der Waals surface area contributed by atoms with Crippen molar-refractivity contribution < 1.29 is 19.0 Å². The minimum Gasteiger partial charge on any atom is -0.493 e. The van der Waals surface area contributed by atoms with Crippen LogP contribution in [-0.4, -0.2) is 38.8 Å².